The first kappa shape index (κ1) is 34.8. The fourth-order valence-electron chi connectivity index (χ4n) is 7.26. The molecular formula is C54H41N. The van der Waals surface area contributed by atoms with Gasteiger partial charge in [-0.3, -0.25) is 0 Å². The normalized spacial score (nSPS) is 10.5. The maximum atomic E-state index is 3.78. The van der Waals surface area contributed by atoms with Gasteiger partial charge in [0.05, 0.1) is 11.4 Å². The number of hydrogen-bond acceptors (Lipinski definition) is 0. The number of aromatic nitrogens is 1. The van der Waals surface area contributed by atoms with Crippen molar-refractivity contribution in [3.8, 4) is 44.8 Å². The first-order valence-corrected chi connectivity index (χ1v) is 18.8. The van der Waals surface area contributed by atoms with E-state index in [1.165, 1.54) is 66.8 Å². The highest BCUT2D eigenvalue weighted by atomic mass is 14.7. The summed E-state index contributed by atoms with van der Waals surface area (Å²) in [7, 11) is 0. The molecule has 0 saturated carbocycles. The molecule has 0 aliphatic heterocycles. The topological polar surface area (TPSA) is 15.8 Å². The van der Waals surface area contributed by atoms with E-state index in [1.54, 1.807) is 0 Å². The van der Waals surface area contributed by atoms with E-state index >= 15 is 0 Å². The minimum absolute atomic E-state index is 1.15. The molecule has 9 aromatic rings. The summed E-state index contributed by atoms with van der Waals surface area (Å²) in [5.41, 5.74) is 17.0. The highest BCUT2D eigenvalue weighted by molar-refractivity contribution is 6.04. The van der Waals surface area contributed by atoms with Crippen molar-refractivity contribution >= 4 is 11.1 Å². The van der Waals surface area contributed by atoms with E-state index in [2.05, 4.69) is 248 Å². The molecule has 1 aromatic heterocycles. The predicted octanol–water partition coefficient (Wildman–Crippen LogP) is 14.4. The number of nitrogens with one attached hydrogen (secondary N) is 1. The van der Waals surface area contributed by atoms with Crippen LogP contribution in [0.5, 0.6) is 0 Å². The summed E-state index contributed by atoms with van der Waals surface area (Å²) >= 11 is 0. The van der Waals surface area contributed by atoms with Crippen molar-refractivity contribution in [2.75, 3.05) is 0 Å². The van der Waals surface area contributed by atoms with Crippen LogP contribution in [0.1, 0.15) is 22.3 Å². The molecule has 0 aliphatic carbocycles. The smallest absolute Gasteiger partial charge is 0.0544 e. The Kier molecular flexibility index (Phi) is 10.8. The van der Waals surface area contributed by atoms with E-state index < -0.39 is 0 Å². The van der Waals surface area contributed by atoms with Gasteiger partial charge in [-0.15, -0.1) is 0 Å². The highest BCUT2D eigenvalue weighted by Gasteiger charge is 2.22. The lowest BCUT2D eigenvalue weighted by molar-refractivity contribution is 1.39. The molecule has 0 aliphatic rings. The molecule has 1 heteroatoms. The van der Waals surface area contributed by atoms with Gasteiger partial charge in [0.15, 0.2) is 0 Å². The van der Waals surface area contributed by atoms with Crippen LogP contribution in [0.15, 0.2) is 243 Å². The van der Waals surface area contributed by atoms with Crippen molar-refractivity contribution in [2.45, 2.75) is 0 Å². The molecule has 0 bridgehead atoms. The molecule has 1 nitrogen and oxygen atoms in total. The molecular weight excluding hydrogens is 663 g/mol. The largest absolute Gasteiger partial charge is 0.353 e. The number of benzene rings is 8. The molecule has 8 aromatic carbocycles. The Hall–Kier alpha value is -7.22. The van der Waals surface area contributed by atoms with Crippen LogP contribution in [-0.2, 0) is 0 Å². The van der Waals surface area contributed by atoms with Crippen molar-refractivity contribution in [3.63, 3.8) is 0 Å². The lowest BCUT2D eigenvalue weighted by atomic mass is 9.86. The van der Waals surface area contributed by atoms with Crippen LogP contribution in [-0.4, -0.2) is 4.98 Å². The second-order valence-electron chi connectivity index (χ2n) is 13.3. The summed E-state index contributed by atoms with van der Waals surface area (Å²) in [6, 6.07) is 85.1. The summed E-state index contributed by atoms with van der Waals surface area (Å²) in [6.07, 6.45) is 0. The standard InChI is InChI=1S/C28H21N.C26H20/c1-5-13-21(14-6-1)25-26(22-15-7-2-8-16-22)28(24-19-11-4-12-20-24)29-27(25)23-17-9-3-10-18-23;1-5-13-21(14-6-1)25(22-15-7-2-8-16-22)26(23-17-9-3-10-18-23)24-19-11-4-12-20-24/h1-20,29H;1-20H. The average Bonchev–Trinajstić information content (AvgIpc) is 3.69. The Bertz CT molecular complexity index is 2290. The summed E-state index contributed by atoms with van der Waals surface area (Å²) in [4.78, 5) is 3.78. The van der Waals surface area contributed by atoms with Crippen LogP contribution in [0.2, 0.25) is 0 Å². The van der Waals surface area contributed by atoms with E-state index in [4.69, 9.17) is 0 Å². The van der Waals surface area contributed by atoms with Crippen LogP contribution >= 0.6 is 0 Å². The van der Waals surface area contributed by atoms with Gasteiger partial charge < -0.3 is 4.98 Å². The van der Waals surface area contributed by atoms with Crippen LogP contribution in [0.4, 0.5) is 0 Å². The quantitative estimate of drug-likeness (QED) is 0.152. The maximum absolute atomic E-state index is 3.78. The minimum atomic E-state index is 1.15. The van der Waals surface area contributed by atoms with Gasteiger partial charge in [-0.2, -0.15) is 0 Å². The Balaban J connectivity index is 0.000000156. The molecule has 0 unspecified atom stereocenters. The number of aromatic amines is 1. The Morgan fingerprint density at radius 2 is 0.418 bits per heavy atom. The second-order valence-corrected chi connectivity index (χ2v) is 13.3. The maximum Gasteiger partial charge on any atom is 0.0544 e. The molecule has 0 fully saturated rings. The fraction of sp³-hybridized carbons (Fsp3) is 0. The van der Waals surface area contributed by atoms with Crippen LogP contribution < -0.4 is 0 Å². The molecule has 9 rings (SSSR count). The first-order chi connectivity index (χ1) is 27.3. The average molecular weight is 704 g/mol. The number of rotatable bonds is 8. The summed E-state index contributed by atoms with van der Waals surface area (Å²) in [5.74, 6) is 0. The van der Waals surface area contributed by atoms with Gasteiger partial charge in [0.1, 0.15) is 0 Å². The predicted molar refractivity (Wildman–Crippen MR) is 233 cm³/mol. The molecule has 1 heterocycles. The van der Waals surface area contributed by atoms with Gasteiger partial charge in [0, 0.05) is 11.1 Å². The third kappa shape index (κ3) is 7.93. The second kappa shape index (κ2) is 17.1. The van der Waals surface area contributed by atoms with E-state index in [9.17, 15) is 0 Å². The zero-order valence-corrected chi connectivity index (χ0v) is 30.6. The molecule has 0 radical (unpaired) electrons. The van der Waals surface area contributed by atoms with Gasteiger partial charge in [0.2, 0.25) is 0 Å². The van der Waals surface area contributed by atoms with Crippen LogP contribution in [0.3, 0.4) is 0 Å². The van der Waals surface area contributed by atoms with Gasteiger partial charge in [-0.1, -0.05) is 243 Å². The van der Waals surface area contributed by atoms with Gasteiger partial charge in [-0.05, 0) is 55.7 Å². The molecule has 55 heavy (non-hydrogen) atoms. The van der Waals surface area contributed by atoms with Crippen LogP contribution in [0, 0.1) is 0 Å². The third-order valence-corrected chi connectivity index (χ3v) is 9.75. The van der Waals surface area contributed by atoms with Gasteiger partial charge in [-0.25, -0.2) is 0 Å². The third-order valence-electron chi connectivity index (χ3n) is 9.75. The molecule has 0 saturated heterocycles. The van der Waals surface area contributed by atoms with E-state index in [0.717, 1.165) is 11.4 Å². The van der Waals surface area contributed by atoms with Crippen molar-refractivity contribution in [1.29, 1.82) is 0 Å². The Morgan fingerprint density at radius 1 is 0.218 bits per heavy atom. The summed E-state index contributed by atoms with van der Waals surface area (Å²) in [6.45, 7) is 0. The lowest BCUT2D eigenvalue weighted by Gasteiger charge is -2.18. The van der Waals surface area contributed by atoms with Crippen molar-refractivity contribution in [1.82, 2.24) is 4.98 Å². The first-order valence-electron chi connectivity index (χ1n) is 18.8. The molecule has 0 spiro atoms. The minimum Gasteiger partial charge on any atom is -0.353 e. The van der Waals surface area contributed by atoms with Gasteiger partial charge in [0.25, 0.3) is 0 Å². The number of H-pyrrole nitrogens is 1. The SMILES string of the molecule is c1ccc(-c2[nH]c(-c3ccccc3)c(-c3ccccc3)c2-c2ccccc2)cc1.c1ccc(C(=C(c2ccccc2)c2ccccc2)c2ccccc2)cc1. The Labute approximate surface area is 324 Å². The van der Waals surface area contributed by atoms with E-state index in [1.807, 2.05) is 0 Å². The Morgan fingerprint density at radius 3 is 0.655 bits per heavy atom. The lowest BCUT2D eigenvalue weighted by Crippen LogP contribution is -1.97. The molecule has 0 amide bonds. The van der Waals surface area contributed by atoms with E-state index in [0.29, 0.717) is 0 Å². The fourth-order valence-corrected chi connectivity index (χ4v) is 7.26. The zero-order chi connectivity index (χ0) is 37.1. The van der Waals surface area contributed by atoms with E-state index in [-0.39, 0.29) is 0 Å². The molecule has 1 N–H and O–H groups in total. The van der Waals surface area contributed by atoms with Crippen molar-refractivity contribution in [2.24, 2.45) is 0 Å². The molecule has 262 valence electrons. The van der Waals surface area contributed by atoms with Crippen LogP contribution in [0.25, 0.3) is 55.9 Å². The van der Waals surface area contributed by atoms with Gasteiger partial charge >= 0.3 is 0 Å². The molecule has 0 atom stereocenters. The number of hydrogen-bond donors (Lipinski definition) is 1. The summed E-state index contributed by atoms with van der Waals surface area (Å²) < 4.78 is 0. The van der Waals surface area contributed by atoms with Crippen molar-refractivity contribution < 1.29 is 0 Å². The van der Waals surface area contributed by atoms with Crippen molar-refractivity contribution in [3.05, 3.63) is 265 Å². The summed E-state index contributed by atoms with van der Waals surface area (Å²) in [5, 5.41) is 0. The highest BCUT2D eigenvalue weighted by Crippen LogP contribution is 2.46. The monoisotopic (exact) mass is 703 g/mol. The zero-order valence-electron chi connectivity index (χ0n) is 30.6.